The summed E-state index contributed by atoms with van der Waals surface area (Å²) in [4.78, 5) is 2.21. The van der Waals surface area contributed by atoms with Crippen molar-refractivity contribution in [2.24, 2.45) is 0 Å². The Labute approximate surface area is 180 Å². The number of aryl methyl sites for hydroxylation is 2. The fourth-order valence-corrected chi connectivity index (χ4v) is 4.72. The average molecular weight is 430 g/mol. The van der Waals surface area contributed by atoms with Gasteiger partial charge in [0, 0.05) is 40.7 Å². The van der Waals surface area contributed by atoms with Crippen LogP contribution in [0.2, 0.25) is 10.0 Å². The summed E-state index contributed by atoms with van der Waals surface area (Å²) in [5.41, 5.74) is 5.57. The SMILES string of the molecule is Cc1cc(C)cc(NC(=S)N2CCn3cccc3[C@@H]2c2ccc(Cl)cc2Cl)c1. The molecule has 0 aliphatic carbocycles. The van der Waals surface area contributed by atoms with Crippen molar-refractivity contribution in [1.82, 2.24) is 9.47 Å². The summed E-state index contributed by atoms with van der Waals surface area (Å²) in [5, 5.41) is 5.39. The van der Waals surface area contributed by atoms with Crippen molar-refractivity contribution in [3.63, 3.8) is 0 Å². The van der Waals surface area contributed by atoms with Crippen LogP contribution in [0.15, 0.2) is 54.7 Å². The zero-order valence-electron chi connectivity index (χ0n) is 15.7. The Morgan fingerprint density at radius 3 is 2.50 bits per heavy atom. The number of rotatable bonds is 2. The molecule has 0 spiro atoms. The highest BCUT2D eigenvalue weighted by Crippen LogP contribution is 2.37. The van der Waals surface area contributed by atoms with E-state index in [1.807, 2.05) is 12.1 Å². The van der Waals surface area contributed by atoms with Crippen molar-refractivity contribution < 1.29 is 0 Å². The summed E-state index contributed by atoms with van der Waals surface area (Å²) in [6, 6.07) is 16.1. The van der Waals surface area contributed by atoms with E-state index in [4.69, 9.17) is 35.4 Å². The molecule has 0 radical (unpaired) electrons. The van der Waals surface area contributed by atoms with Crippen LogP contribution in [0.4, 0.5) is 5.69 Å². The number of fused-ring (bicyclic) bond motifs is 1. The molecule has 0 fully saturated rings. The van der Waals surface area contributed by atoms with Crippen molar-refractivity contribution in [3.8, 4) is 0 Å². The molecular formula is C22H21Cl2N3S. The maximum atomic E-state index is 6.58. The minimum absolute atomic E-state index is 0.0700. The highest BCUT2D eigenvalue weighted by atomic mass is 35.5. The number of benzene rings is 2. The van der Waals surface area contributed by atoms with E-state index >= 15 is 0 Å². The number of hydrogen-bond acceptors (Lipinski definition) is 1. The molecule has 0 saturated heterocycles. The van der Waals surface area contributed by atoms with Gasteiger partial charge in [0.05, 0.1) is 6.04 Å². The van der Waals surface area contributed by atoms with Crippen molar-refractivity contribution in [2.45, 2.75) is 26.4 Å². The molecule has 144 valence electrons. The van der Waals surface area contributed by atoms with Crippen LogP contribution >= 0.6 is 35.4 Å². The maximum Gasteiger partial charge on any atom is 0.174 e. The Morgan fingerprint density at radius 1 is 1.04 bits per heavy atom. The molecule has 4 rings (SSSR count). The number of halogens is 2. The minimum Gasteiger partial charge on any atom is -0.348 e. The third kappa shape index (κ3) is 3.77. The lowest BCUT2D eigenvalue weighted by molar-refractivity contribution is 0.293. The van der Waals surface area contributed by atoms with Gasteiger partial charge in [0.15, 0.2) is 5.11 Å². The molecular weight excluding hydrogens is 409 g/mol. The Balaban J connectivity index is 1.71. The number of anilines is 1. The lowest BCUT2D eigenvalue weighted by Crippen LogP contribution is -2.44. The average Bonchev–Trinajstić information content (AvgIpc) is 3.09. The van der Waals surface area contributed by atoms with Crippen LogP contribution in [0, 0.1) is 13.8 Å². The van der Waals surface area contributed by atoms with Crippen LogP contribution < -0.4 is 5.32 Å². The molecule has 1 atom stereocenters. The fraction of sp³-hybridized carbons (Fsp3) is 0.227. The molecule has 1 N–H and O–H groups in total. The molecule has 6 heteroatoms. The number of thiocarbonyl (C=S) groups is 1. The van der Waals surface area contributed by atoms with Crippen LogP contribution in [0.3, 0.4) is 0 Å². The summed E-state index contributed by atoms with van der Waals surface area (Å²) >= 11 is 18.5. The third-order valence-corrected chi connectivity index (χ3v) is 5.93. The topological polar surface area (TPSA) is 20.2 Å². The zero-order chi connectivity index (χ0) is 19.8. The van der Waals surface area contributed by atoms with Gasteiger partial charge in [0.1, 0.15) is 0 Å². The molecule has 2 heterocycles. The third-order valence-electron chi connectivity index (χ3n) is 5.03. The van der Waals surface area contributed by atoms with Gasteiger partial charge >= 0.3 is 0 Å². The maximum absolute atomic E-state index is 6.58. The first-order valence-corrected chi connectivity index (χ1v) is 10.3. The van der Waals surface area contributed by atoms with Crippen LogP contribution in [0.5, 0.6) is 0 Å². The lowest BCUT2D eigenvalue weighted by atomic mass is 10.00. The first kappa shape index (κ1) is 19.3. The predicted octanol–water partition coefficient (Wildman–Crippen LogP) is 6.21. The first-order chi connectivity index (χ1) is 13.4. The zero-order valence-corrected chi connectivity index (χ0v) is 18.1. The van der Waals surface area contributed by atoms with Crippen molar-refractivity contribution in [2.75, 3.05) is 11.9 Å². The summed E-state index contributed by atoms with van der Waals surface area (Å²) in [5.74, 6) is 0. The van der Waals surface area contributed by atoms with Crippen molar-refractivity contribution in [3.05, 3.63) is 87.2 Å². The molecule has 1 aliphatic rings. The van der Waals surface area contributed by atoms with E-state index in [1.165, 1.54) is 16.8 Å². The van der Waals surface area contributed by atoms with Gasteiger partial charge in [-0.2, -0.15) is 0 Å². The monoisotopic (exact) mass is 429 g/mol. The summed E-state index contributed by atoms with van der Waals surface area (Å²) in [7, 11) is 0. The Bertz CT molecular complexity index is 1020. The van der Waals surface area contributed by atoms with Crippen molar-refractivity contribution in [1.29, 1.82) is 0 Å². The summed E-state index contributed by atoms with van der Waals surface area (Å²) in [6.45, 7) is 5.84. The van der Waals surface area contributed by atoms with Gasteiger partial charge in [-0.3, -0.25) is 0 Å². The summed E-state index contributed by atoms with van der Waals surface area (Å²) < 4.78 is 2.26. The van der Waals surface area contributed by atoms with Gasteiger partial charge in [0.2, 0.25) is 0 Å². The quantitative estimate of drug-likeness (QED) is 0.488. The van der Waals surface area contributed by atoms with Crippen LogP contribution in [0.1, 0.15) is 28.4 Å². The van der Waals surface area contributed by atoms with E-state index in [0.717, 1.165) is 24.3 Å². The van der Waals surface area contributed by atoms with Gasteiger partial charge in [-0.15, -0.1) is 0 Å². The lowest BCUT2D eigenvalue weighted by Gasteiger charge is -2.39. The highest BCUT2D eigenvalue weighted by molar-refractivity contribution is 7.80. The second kappa shape index (κ2) is 7.78. The molecule has 0 amide bonds. The van der Waals surface area contributed by atoms with E-state index in [-0.39, 0.29) is 6.04 Å². The van der Waals surface area contributed by atoms with Gasteiger partial charge in [0.25, 0.3) is 0 Å². The second-order valence-corrected chi connectivity index (χ2v) is 8.43. The highest BCUT2D eigenvalue weighted by Gasteiger charge is 2.32. The van der Waals surface area contributed by atoms with Gasteiger partial charge in [-0.1, -0.05) is 35.3 Å². The van der Waals surface area contributed by atoms with E-state index in [1.54, 1.807) is 6.07 Å². The molecule has 2 aromatic carbocycles. The molecule has 0 unspecified atom stereocenters. The van der Waals surface area contributed by atoms with E-state index in [2.05, 4.69) is 65.2 Å². The number of nitrogens with zero attached hydrogens (tertiary/aromatic N) is 2. The molecule has 0 saturated carbocycles. The Kier molecular flexibility index (Phi) is 5.37. The molecule has 1 aromatic heterocycles. The molecule has 28 heavy (non-hydrogen) atoms. The van der Waals surface area contributed by atoms with Gasteiger partial charge < -0.3 is 14.8 Å². The number of hydrogen-bond donors (Lipinski definition) is 1. The summed E-state index contributed by atoms with van der Waals surface area (Å²) in [6.07, 6.45) is 2.10. The molecule has 1 aliphatic heterocycles. The fourth-order valence-electron chi connectivity index (χ4n) is 3.89. The molecule has 3 aromatic rings. The number of aromatic nitrogens is 1. The smallest absolute Gasteiger partial charge is 0.174 e. The van der Waals surface area contributed by atoms with Gasteiger partial charge in [-0.25, -0.2) is 0 Å². The van der Waals surface area contributed by atoms with Gasteiger partial charge in [-0.05, 0) is 79.2 Å². The number of nitrogens with one attached hydrogen (secondary N) is 1. The Morgan fingerprint density at radius 2 is 1.79 bits per heavy atom. The van der Waals surface area contributed by atoms with Crippen LogP contribution in [-0.4, -0.2) is 21.1 Å². The Hall–Kier alpha value is -2.01. The minimum atomic E-state index is -0.0700. The van der Waals surface area contributed by atoms with E-state index < -0.39 is 0 Å². The standard InChI is InChI=1S/C22H21Cl2N3S/c1-14-10-15(2)12-17(11-14)25-22(28)27-9-8-26-7-3-4-20(26)21(27)18-6-5-16(23)13-19(18)24/h3-7,10-13,21H,8-9H2,1-2H3,(H,25,28)/t21-/m0/s1. The normalized spacial score (nSPS) is 16.0. The largest absolute Gasteiger partial charge is 0.348 e. The van der Waals surface area contributed by atoms with Crippen molar-refractivity contribution >= 4 is 46.2 Å². The van der Waals surface area contributed by atoms with Crippen LogP contribution in [-0.2, 0) is 6.54 Å². The predicted molar refractivity (Wildman–Crippen MR) is 122 cm³/mol. The first-order valence-electron chi connectivity index (χ1n) is 9.18. The molecule has 0 bridgehead atoms. The molecule has 3 nitrogen and oxygen atoms in total. The second-order valence-electron chi connectivity index (χ2n) is 7.19. The van der Waals surface area contributed by atoms with E-state index in [0.29, 0.717) is 15.2 Å². The van der Waals surface area contributed by atoms with E-state index in [9.17, 15) is 0 Å². The van der Waals surface area contributed by atoms with Crippen LogP contribution in [0.25, 0.3) is 0 Å².